The first-order valence-electron chi connectivity index (χ1n) is 8.27. The molecule has 25 heavy (non-hydrogen) atoms. The van der Waals surface area contributed by atoms with Crippen molar-refractivity contribution in [3.8, 4) is 0 Å². The number of nitrogens with one attached hydrogen (secondary N) is 1. The number of carbonyl (C=O) groups is 2. The van der Waals surface area contributed by atoms with E-state index in [1.54, 1.807) is 12.1 Å². The third kappa shape index (κ3) is 5.61. The topological polar surface area (TPSA) is 55.4 Å². The second-order valence-electron chi connectivity index (χ2n) is 5.82. The summed E-state index contributed by atoms with van der Waals surface area (Å²) in [5.41, 5.74) is 1.78. The minimum absolute atomic E-state index is 0.221. The summed E-state index contributed by atoms with van der Waals surface area (Å²) in [6.07, 6.45) is 0.614. The first-order chi connectivity index (χ1) is 12.0. The first kappa shape index (κ1) is 19.0. The van der Waals surface area contributed by atoms with Crippen LogP contribution < -0.4 is 5.32 Å². The minimum atomic E-state index is -0.390. The summed E-state index contributed by atoms with van der Waals surface area (Å²) in [7, 11) is 0. The SMILES string of the molecule is CC[C@H](C(=O)OCC(=O)N[C@H](C)c1cccc(Cl)c1)c1ccccc1. The van der Waals surface area contributed by atoms with Crippen LogP contribution in [0.1, 0.15) is 43.4 Å². The van der Waals surface area contributed by atoms with Crippen LogP contribution in [0.15, 0.2) is 54.6 Å². The van der Waals surface area contributed by atoms with E-state index in [0.717, 1.165) is 11.1 Å². The van der Waals surface area contributed by atoms with Gasteiger partial charge in [0.1, 0.15) is 0 Å². The van der Waals surface area contributed by atoms with Gasteiger partial charge < -0.3 is 10.1 Å². The molecule has 0 aliphatic rings. The standard InChI is InChI=1S/C20H22ClNO3/c1-3-18(15-8-5-4-6-9-15)20(24)25-13-19(23)22-14(2)16-10-7-11-17(21)12-16/h4-12,14,18H,3,13H2,1-2H3,(H,22,23)/t14-,18+/m1/s1. The zero-order chi connectivity index (χ0) is 18.2. The van der Waals surface area contributed by atoms with Crippen LogP contribution in [0.2, 0.25) is 5.02 Å². The molecule has 1 N–H and O–H groups in total. The van der Waals surface area contributed by atoms with Crippen molar-refractivity contribution in [2.24, 2.45) is 0 Å². The number of benzene rings is 2. The minimum Gasteiger partial charge on any atom is -0.455 e. The Bertz CT molecular complexity index is 718. The van der Waals surface area contributed by atoms with E-state index in [0.29, 0.717) is 11.4 Å². The van der Waals surface area contributed by atoms with Crippen LogP contribution in [0.5, 0.6) is 0 Å². The lowest BCUT2D eigenvalue weighted by atomic mass is 9.97. The van der Waals surface area contributed by atoms with Crippen molar-refractivity contribution >= 4 is 23.5 Å². The third-order valence-electron chi connectivity index (χ3n) is 3.97. The van der Waals surface area contributed by atoms with E-state index in [9.17, 15) is 9.59 Å². The van der Waals surface area contributed by atoms with Gasteiger partial charge >= 0.3 is 5.97 Å². The number of carbonyl (C=O) groups excluding carboxylic acids is 2. The summed E-state index contributed by atoms with van der Waals surface area (Å²) < 4.78 is 5.19. The van der Waals surface area contributed by atoms with Crippen LogP contribution in [0.25, 0.3) is 0 Å². The zero-order valence-corrected chi connectivity index (χ0v) is 15.1. The Morgan fingerprint density at radius 3 is 2.40 bits per heavy atom. The number of rotatable bonds is 7. The van der Waals surface area contributed by atoms with Gasteiger partial charge in [0.05, 0.1) is 12.0 Å². The van der Waals surface area contributed by atoms with Gasteiger partial charge in [-0.05, 0) is 36.6 Å². The number of halogens is 1. The lowest BCUT2D eigenvalue weighted by Crippen LogP contribution is -2.32. The van der Waals surface area contributed by atoms with Crippen LogP contribution in [0, 0.1) is 0 Å². The maximum atomic E-state index is 12.3. The second kappa shape index (κ2) is 9.23. The van der Waals surface area contributed by atoms with Crippen molar-refractivity contribution in [3.05, 3.63) is 70.7 Å². The predicted molar refractivity (Wildman–Crippen MR) is 98.4 cm³/mol. The summed E-state index contributed by atoms with van der Waals surface area (Å²) >= 11 is 5.96. The highest BCUT2D eigenvalue weighted by Gasteiger charge is 2.21. The fraction of sp³-hybridized carbons (Fsp3) is 0.300. The molecule has 0 spiro atoms. The molecule has 2 rings (SSSR count). The molecular formula is C20H22ClNO3. The number of hydrogen-bond donors (Lipinski definition) is 1. The lowest BCUT2D eigenvalue weighted by Gasteiger charge is -2.17. The van der Waals surface area contributed by atoms with E-state index in [4.69, 9.17) is 16.3 Å². The molecule has 0 saturated carbocycles. The zero-order valence-electron chi connectivity index (χ0n) is 14.4. The summed E-state index contributed by atoms with van der Waals surface area (Å²) in [5.74, 6) is -1.10. The summed E-state index contributed by atoms with van der Waals surface area (Å²) in [5, 5.41) is 3.41. The van der Waals surface area contributed by atoms with Crippen LogP contribution >= 0.6 is 11.6 Å². The van der Waals surface area contributed by atoms with E-state index in [-0.39, 0.29) is 30.4 Å². The summed E-state index contributed by atoms with van der Waals surface area (Å²) in [4.78, 5) is 24.3. The van der Waals surface area contributed by atoms with E-state index in [1.165, 1.54) is 0 Å². The van der Waals surface area contributed by atoms with Crippen LogP contribution in [0.4, 0.5) is 0 Å². The molecule has 0 saturated heterocycles. The third-order valence-corrected chi connectivity index (χ3v) is 4.20. The molecule has 4 nitrogen and oxygen atoms in total. The largest absolute Gasteiger partial charge is 0.455 e. The fourth-order valence-corrected chi connectivity index (χ4v) is 2.80. The number of amides is 1. The van der Waals surface area contributed by atoms with Gasteiger partial charge in [-0.3, -0.25) is 9.59 Å². The number of hydrogen-bond acceptors (Lipinski definition) is 3. The van der Waals surface area contributed by atoms with Gasteiger partial charge in [0.2, 0.25) is 0 Å². The predicted octanol–water partition coefficient (Wildman–Crippen LogP) is 4.25. The van der Waals surface area contributed by atoms with Gasteiger partial charge in [-0.15, -0.1) is 0 Å². The van der Waals surface area contributed by atoms with Crippen LogP contribution in [-0.4, -0.2) is 18.5 Å². The Morgan fingerprint density at radius 1 is 1.08 bits per heavy atom. The molecular weight excluding hydrogens is 338 g/mol. The van der Waals surface area contributed by atoms with Crippen molar-refractivity contribution in [2.75, 3.05) is 6.61 Å². The van der Waals surface area contributed by atoms with Crippen molar-refractivity contribution in [2.45, 2.75) is 32.2 Å². The van der Waals surface area contributed by atoms with Gasteiger partial charge in [0, 0.05) is 5.02 Å². The normalized spacial score (nSPS) is 12.9. The van der Waals surface area contributed by atoms with E-state index in [1.807, 2.05) is 56.3 Å². The van der Waals surface area contributed by atoms with Crippen molar-refractivity contribution in [1.82, 2.24) is 5.32 Å². The lowest BCUT2D eigenvalue weighted by molar-refractivity contribution is -0.150. The van der Waals surface area contributed by atoms with Gasteiger partial charge in [0.15, 0.2) is 6.61 Å². The van der Waals surface area contributed by atoms with Gasteiger partial charge in [-0.2, -0.15) is 0 Å². The van der Waals surface area contributed by atoms with E-state index >= 15 is 0 Å². The Morgan fingerprint density at radius 2 is 1.76 bits per heavy atom. The molecule has 0 radical (unpaired) electrons. The van der Waals surface area contributed by atoms with Crippen molar-refractivity contribution in [1.29, 1.82) is 0 Å². The van der Waals surface area contributed by atoms with Gasteiger partial charge in [-0.1, -0.05) is 61.0 Å². The average Bonchev–Trinajstić information content (AvgIpc) is 2.61. The molecule has 0 heterocycles. The Balaban J connectivity index is 1.87. The maximum Gasteiger partial charge on any atom is 0.313 e. The van der Waals surface area contributed by atoms with Gasteiger partial charge in [-0.25, -0.2) is 0 Å². The Labute approximate surface area is 153 Å². The molecule has 1 amide bonds. The summed E-state index contributed by atoms with van der Waals surface area (Å²) in [6.45, 7) is 3.47. The number of ether oxygens (including phenoxy) is 1. The highest BCUT2D eigenvalue weighted by atomic mass is 35.5. The molecule has 0 aliphatic heterocycles. The van der Waals surface area contributed by atoms with Crippen LogP contribution in [-0.2, 0) is 14.3 Å². The molecule has 0 unspecified atom stereocenters. The summed E-state index contributed by atoms with van der Waals surface area (Å²) in [6, 6.07) is 16.5. The number of esters is 1. The quantitative estimate of drug-likeness (QED) is 0.752. The smallest absolute Gasteiger partial charge is 0.313 e. The van der Waals surface area contributed by atoms with Crippen LogP contribution in [0.3, 0.4) is 0 Å². The maximum absolute atomic E-state index is 12.3. The molecule has 0 bridgehead atoms. The Hall–Kier alpha value is -2.33. The molecule has 2 aromatic rings. The molecule has 2 atom stereocenters. The Kier molecular flexibility index (Phi) is 7.02. The monoisotopic (exact) mass is 359 g/mol. The highest BCUT2D eigenvalue weighted by molar-refractivity contribution is 6.30. The first-order valence-corrected chi connectivity index (χ1v) is 8.65. The molecule has 0 aromatic heterocycles. The average molecular weight is 360 g/mol. The van der Waals surface area contributed by atoms with E-state index in [2.05, 4.69) is 5.32 Å². The van der Waals surface area contributed by atoms with Gasteiger partial charge in [0.25, 0.3) is 5.91 Å². The van der Waals surface area contributed by atoms with E-state index < -0.39 is 0 Å². The molecule has 0 fully saturated rings. The molecule has 5 heteroatoms. The van der Waals surface area contributed by atoms with Crippen molar-refractivity contribution < 1.29 is 14.3 Å². The fourth-order valence-electron chi connectivity index (χ4n) is 2.60. The molecule has 0 aliphatic carbocycles. The molecule has 132 valence electrons. The van der Waals surface area contributed by atoms with Crippen molar-refractivity contribution in [3.63, 3.8) is 0 Å². The highest BCUT2D eigenvalue weighted by Crippen LogP contribution is 2.21. The molecule has 2 aromatic carbocycles. The second-order valence-corrected chi connectivity index (χ2v) is 6.26.